The topological polar surface area (TPSA) is 42.7 Å². The lowest BCUT2D eigenvalue weighted by Gasteiger charge is -2.14. The fourth-order valence-electron chi connectivity index (χ4n) is 2.57. The Morgan fingerprint density at radius 2 is 1.95 bits per heavy atom. The summed E-state index contributed by atoms with van der Waals surface area (Å²) in [5, 5.41) is 11.4. The minimum Gasteiger partial charge on any atom is -0.314 e. The Morgan fingerprint density at radius 1 is 1.24 bits per heavy atom. The first-order chi connectivity index (χ1) is 10.1. The molecule has 1 atom stereocenters. The van der Waals surface area contributed by atoms with Crippen molar-refractivity contribution in [1.29, 1.82) is 0 Å². The number of benzene rings is 1. The molecule has 1 aliphatic heterocycles. The van der Waals surface area contributed by atoms with Gasteiger partial charge in [-0.1, -0.05) is 0 Å². The van der Waals surface area contributed by atoms with Crippen LogP contribution in [0.3, 0.4) is 0 Å². The summed E-state index contributed by atoms with van der Waals surface area (Å²) in [6.07, 6.45) is 1.98. The molecule has 0 fully saturated rings. The van der Waals surface area contributed by atoms with Crippen molar-refractivity contribution in [2.24, 2.45) is 0 Å². The van der Waals surface area contributed by atoms with Gasteiger partial charge in [0, 0.05) is 19.5 Å². The van der Waals surface area contributed by atoms with Crippen molar-refractivity contribution in [2.45, 2.75) is 38.9 Å². The highest BCUT2D eigenvalue weighted by Crippen LogP contribution is 2.20. The van der Waals surface area contributed by atoms with Crippen LogP contribution in [0.25, 0.3) is 0 Å². The zero-order valence-corrected chi connectivity index (χ0v) is 11.5. The summed E-state index contributed by atoms with van der Waals surface area (Å²) in [4.78, 5) is 0. The van der Waals surface area contributed by atoms with Gasteiger partial charge in [-0.2, -0.15) is 0 Å². The SMILES string of the molecule is CC(NCc1cc(F)c(F)c(F)c1)c1nnc2n1CCC2. The number of hydrogen-bond donors (Lipinski definition) is 1. The molecule has 0 saturated heterocycles. The monoisotopic (exact) mass is 296 g/mol. The molecule has 21 heavy (non-hydrogen) atoms. The number of nitrogens with one attached hydrogen (secondary N) is 1. The number of nitrogens with zero attached hydrogens (tertiary/aromatic N) is 3. The molecule has 0 spiro atoms. The van der Waals surface area contributed by atoms with Crippen LogP contribution in [0.5, 0.6) is 0 Å². The molecule has 0 aliphatic carbocycles. The summed E-state index contributed by atoms with van der Waals surface area (Å²) >= 11 is 0. The molecule has 0 radical (unpaired) electrons. The molecule has 1 aromatic carbocycles. The van der Waals surface area contributed by atoms with Gasteiger partial charge in [-0.15, -0.1) is 10.2 Å². The van der Waals surface area contributed by atoms with Gasteiger partial charge in [0.1, 0.15) is 11.6 Å². The lowest BCUT2D eigenvalue weighted by Crippen LogP contribution is -2.22. The zero-order chi connectivity index (χ0) is 15.0. The maximum absolute atomic E-state index is 13.1. The first-order valence-electron chi connectivity index (χ1n) is 6.85. The second-order valence-corrected chi connectivity index (χ2v) is 5.21. The average Bonchev–Trinajstić information content (AvgIpc) is 3.04. The second kappa shape index (κ2) is 5.48. The van der Waals surface area contributed by atoms with Crippen LogP contribution in [0.2, 0.25) is 0 Å². The van der Waals surface area contributed by atoms with Gasteiger partial charge in [0.2, 0.25) is 0 Å². The van der Waals surface area contributed by atoms with Gasteiger partial charge in [0.05, 0.1) is 6.04 Å². The summed E-state index contributed by atoms with van der Waals surface area (Å²) in [5.41, 5.74) is 0.347. The standard InChI is InChI=1S/C14H15F3N4/c1-8(14-20-19-12-3-2-4-21(12)14)18-7-9-5-10(15)13(17)11(16)6-9/h5-6,8,18H,2-4,7H2,1H3. The maximum atomic E-state index is 13.1. The van der Waals surface area contributed by atoms with Crippen LogP contribution < -0.4 is 5.32 Å². The Hall–Kier alpha value is -1.89. The van der Waals surface area contributed by atoms with Crippen molar-refractivity contribution in [3.63, 3.8) is 0 Å². The first-order valence-corrected chi connectivity index (χ1v) is 6.85. The molecule has 0 bridgehead atoms. The Bertz CT molecular complexity index is 645. The van der Waals surface area contributed by atoms with E-state index in [9.17, 15) is 13.2 Å². The Labute approximate surface area is 120 Å². The molecule has 2 aromatic rings. The van der Waals surface area contributed by atoms with E-state index in [0.29, 0.717) is 5.56 Å². The Morgan fingerprint density at radius 3 is 2.67 bits per heavy atom. The summed E-state index contributed by atoms with van der Waals surface area (Å²) in [6, 6.07) is 1.87. The quantitative estimate of drug-likeness (QED) is 0.882. The van der Waals surface area contributed by atoms with Gasteiger partial charge in [-0.05, 0) is 31.0 Å². The number of rotatable bonds is 4. The number of halogens is 3. The van der Waals surface area contributed by atoms with E-state index >= 15 is 0 Å². The van der Waals surface area contributed by atoms with Gasteiger partial charge in [-0.25, -0.2) is 13.2 Å². The highest BCUT2D eigenvalue weighted by atomic mass is 19.2. The first kappa shape index (κ1) is 14.1. The van der Waals surface area contributed by atoms with E-state index < -0.39 is 17.5 Å². The highest BCUT2D eigenvalue weighted by molar-refractivity contribution is 5.19. The predicted octanol–water partition coefficient (Wildman–Crippen LogP) is 2.49. The van der Waals surface area contributed by atoms with Crippen LogP contribution in [-0.2, 0) is 19.5 Å². The van der Waals surface area contributed by atoms with Gasteiger partial charge >= 0.3 is 0 Å². The van der Waals surface area contributed by atoms with E-state index in [4.69, 9.17) is 0 Å². The van der Waals surface area contributed by atoms with Crippen molar-refractivity contribution >= 4 is 0 Å². The molecule has 112 valence electrons. The van der Waals surface area contributed by atoms with Crippen LogP contribution >= 0.6 is 0 Å². The maximum Gasteiger partial charge on any atom is 0.194 e. The smallest absolute Gasteiger partial charge is 0.194 e. The van der Waals surface area contributed by atoms with Crippen LogP contribution in [0, 0.1) is 17.5 Å². The predicted molar refractivity (Wildman–Crippen MR) is 69.9 cm³/mol. The summed E-state index contributed by atoms with van der Waals surface area (Å²) in [7, 11) is 0. The molecule has 1 aliphatic rings. The van der Waals surface area contributed by atoms with Gasteiger partial charge < -0.3 is 9.88 Å². The molecule has 0 amide bonds. The third-order valence-electron chi connectivity index (χ3n) is 3.68. The highest BCUT2D eigenvalue weighted by Gasteiger charge is 2.21. The minimum absolute atomic E-state index is 0.111. The normalized spacial score (nSPS) is 15.2. The third kappa shape index (κ3) is 2.65. The van der Waals surface area contributed by atoms with E-state index in [2.05, 4.69) is 20.1 Å². The minimum atomic E-state index is -1.44. The van der Waals surface area contributed by atoms with Crippen molar-refractivity contribution < 1.29 is 13.2 Å². The Balaban J connectivity index is 1.70. The van der Waals surface area contributed by atoms with Crippen LogP contribution in [0.4, 0.5) is 13.2 Å². The van der Waals surface area contributed by atoms with Crippen LogP contribution in [0.1, 0.15) is 36.6 Å². The number of aromatic nitrogens is 3. The lowest BCUT2D eigenvalue weighted by atomic mass is 10.2. The second-order valence-electron chi connectivity index (χ2n) is 5.21. The molecular weight excluding hydrogens is 281 g/mol. The largest absolute Gasteiger partial charge is 0.314 e. The van der Waals surface area contributed by atoms with E-state index in [0.717, 1.165) is 43.2 Å². The summed E-state index contributed by atoms with van der Waals surface area (Å²) in [6.45, 7) is 3.02. The molecule has 0 saturated carbocycles. The number of fused-ring (bicyclic) bond motifs is 1. The molecular formula is C14H15F3N4. The fourth-order valence-corrected chi connectivity index (χ4v) is 2.57. The van der Waals surface area contributed by atoms with E-state index in [-0.39, 0.29) is 12.6 Å². The van der Waals surface area contributed by atoms with Crippen LogP contribution in [-0.4, -0.2) is 14.8 Å². The Kier molecular flexibility index (Phi) is 3.67. The van der Waals surface area contributed by atoms with Gasteiger partial charge in [0.25, 0.3) is 0 Å². The van der Waals surface area contributed by atoms with Crippen LogP contribution in [0.15, 0.2) is 12.1 Å². The van der Waals surface area contributed by atoms with Crippen molar-refractivity contribution in [3.8, 4) is 0 Å². The van der Waals surface area contributed by atoms with E-state index in [1.165, 1.54) is 0 Å². The van der Waals surface area contributed by atoms with E-state index in [1.54, 1.807) is 0 Å². The summed E-state index contributed by atoms with van der Waals surface area (Å²) < 4.78 is 41.2. The van der Waals surface area contributed by atoms with Gasteiger partial charge in [0.15, 0.2) is 17.5 Å². The molecule has 4 nitrogen and oxygen atoms in total. The summed E-state index contributed by atoms with van der Waals surface area (Å²) in [5.74, 6) is -2.02. The molecule has 1 aromatic heterocycles. The molecule has 7 heteroatoms. The molecule has 2 heterocycles. The zero-order valence-electron chi connectivity index (χ0n) is 11.5. The number of aryl methyl sites for hydroxylation is 1. The molecule has 3 rings (SSSR count). The van der Waals surface area contributed by atoms with Crippen molar-refractivity contribution in [1.82, 2.24) is 20.1 Å². The fraction of sp³-hybridized carbons (Fsp3) is 0.429. The molecule has 1 unspecified atom stereocenters. The molecule has 1 N–H and O–H groups in total. The third-order valence-corrected chi connectivity index (χ3v) is 3.68. The van der Waals surface area contributed by atoms with E-state index in [1.807, 2.05) is 6.92 Å². The van der Waals surface area contributed by atoms with Crippen molar-refractivity contribution in [3.05, 3.63) is 46.8 Å². The lowest BCUT2D eigenvalue weighted by molar-refractivity contribution is 0.442. The average molecular weight is 296 g/mol. The van der Waals surface area contributed by atoms with Gasteiger partial charge in [-0.3, -0.25) is 0 Å². The van der Waals surface area contributed by atoms with Crippen molar-refractivity contribution in [2.75, 3.05) is 0 Å². The number of hydrogen-bond acceptors (Lipinski definition) is 3.